The number of benzene rings is 10. The molecule has 0 atom stereocenters. The lowest BCUT2D eigenvalue weighted by molar-refractivity contribution is 0.767. The Morgan fingerprint density at radius 3 is 1.12 bits per heavy atom. The number of rotatable bonds is 6. The fourth-order valence-corrected chi connectivity index (χ4v) is 12.2. The molecule has 0 aliphatic heterocycles. The number of hydrogen-bond donors (Lipinski definition) is 0. The molecule has 1 heteroatoms. The summed E-state index contributed by atoms with van der Waals surface area (Å²) in [4.78, 5) is 2.51. The monoisotopic (exact) mass is 855 g/mol. The van der Waals surface area contributed by atoms with E-state index in [1.165, 1.54) is 111 Å². The second kappa shape index (κ2) is 14.8. The van der Waals surface area contributed by atoms with Crippen LogP contribution in [0.5, 0.6) is 0 Å². The van der Waals surface area contributed by atoms with Gasteiger partial charge in [-0.2, -0.15) is 0 Å². The van der Waals surface area contributed by atoms with Gasteiger partial charge < -0.3 is 4.90 Å². The predicted molar refractivity (Wildman–Crippen MR) is 279 cm³/mol. The second-order valence-electron chi connectivity index (χ2n) is 19.1. The third-order valence-corrected chi connectivity index (χ3v) is 15.2. The number of anilines is 3. The molecular formula is C66H49N. The molecule has 0 radical (unpaired) electrons. The maximum atomic E-state index is 2.53. The largest absolute Gasteiger partial charge is 0.310 e. The summed E-state index contributed by atoms with van der Waals surface area (Å²) in [5.74, 6) is 0. The van der Waals surface area contributed by atoms with Crippen molar-refractivity contribution in [1.82, 2.24) is 0 Å². The zero-order chi connectivity index (χ0) is 45.0. The first-order valence-electron chi connectivity index (χ1n) is 23.7. The average molecular weight is 856 g/mol. The molecule has 0 aromatic heterocycles. The van der Waals surface area contributed by atoms with E-state index in [2.05, 4.69) is 257 Å². The van der Waals surface area contributed by atoms with Crippen molar-refractivity contribution in [3.8, 4) is 44.5 Å². The third-order valence-electron chi connectivity index (χ3n) is 15.2. The van der Waals surface area contributed by atoms with E-state index in [4.69, 9.17) is 0 Å². The van der Waals surface area contributed by atoms with Crippen molar-refractivity contribution in [1.29, 1.82) is 0 Å². The predicted octanol–water partition coefficient (Wildman–Crippen LogP) is 16.8. The topological polar surface area (TPSA) is 3.24 Å². The van der Waals surface area contributed by atoms with Crippen molar-refractivity contribution < 1.29 is 0 Å². The van der Waals surface area contributed by atoms with E-state index in [-0.39, 0.29) is 0 Å². The fraction of sp³-hybridized carbons (Fsp3) is 0.0909. The Hall–Kier alpha value is -8.00. The summed E-state index contributed by atoms with van der Waals surface area (Å²) in [6.45, 7) is 8.84. The minimum absolute atomic E-state index is 0.473. The molecule has 0 unspecified atom stereocenters. The van der Waals surface area contributed by atoms with Gasteiger partial charge in [-0.3, -0.25) is 0 Å². The smallest absolute Gasteiger partial charge is 0.0726 e. The highest BCUT2D eigenvalue weighted by Gasteiger charge is 2.52. The van der Waals surface area contributed by atoms with Crippen LogP contribution in [0.25, 0.3) is 44.5 Å². The van der Waals surface area contributed by atoms with Crippen LogP contribution in [-0.2, 0) is 10.8 Å². The van der Waals surface area contributed by atoms with Gasteiger partial charge >= 0.3 is 0 Å². The first-order valence-corrected chi connectivity index (χ1v) is 23.7. The molecule has 0 bridgehead atoms. The van der Waals surface area contributed by atoms with Gasteiger partial charge in [0.2, 0.25) is 0 Å². The van der Waals surface area contributed by atoms with Crippen molar-refractivity contribution in [2.75, 3.05) is 4.90 Å². The molecule has 0 N–H and O–H groups in total. The minimum Gasteiger partial charge on any atom is -0.310 e. The standard InChI is InChI=1S/C66H49N/c1-42-18-26-48(27-19-42)65(49-28-20-43(2)21-29-49)59-16-10-8-14-53(59)57-36-32-51(40-63(57)65)67(50-30-24-47(25-31-50)46-12-6-5-7-13-46)52-33-37-58-54-15-9-11-17-60(54)66(64(58)41-52)61-38-44(3)22-34-55(61)56-35-23-45(4)39-62(56)66/h5-41H,1-4H3. The molecule has 67 heavy (non-hydrogen) atoms. The molecule has 3 aliphatic rings. The van der Waals surface area contributed by atoms with Gasteiger partial charge in [0.1, 0.15) is 0 Å². The molecule has 0 saturated heterocycles. The third kappa shape index (κ3) is 5.61. The van der Waals surface area contributed by atoms with Crippen LogP contribution in [0.15, 0.2) is 224 Å². The number of fused-ring (bicyclic) bond motifs is 13. The van der Waals surface area contributed by atoms with Crippen LogP contribution >= 0.6 is 0 Å². The number of hydrogen-bond acceptors (Lipinski definition) is 1. The van der Waals surface area contributed by atoms with E-state index in [1.54, 1.807) is 0 Å². The van der Waals surface area contributed by atoms with Gasteiger partial charge in [0.05, 0.1) is 10.8 Å². The normalized spacial score (nSPS) is 13.9. The number of aryl methyl sites for hydroxylation is 4. The van der Waals surface area contributed by atoms with Crippen LogP contribution in [0.4, 0.5) is 17.1 Å². The van der Waals surface area contributed by atoms with Gasteiger partial charge in [-0.25, -0.2) is 0 Å². The van der Waals surface area contributed by atoms with Crippen molar-refractivity contribution in [2.45, 2.75) is 38.5 Å². The molecule has 10 aromatic rings. The van der Waals surface area contributed by atoms with Gasteiger partial charge in [0.25, 0.3) is 0 Å². The fourth-order valence-electron chi connectivity index (χ4n) is 12.2. The maximum absolute atomic E-state index is 2.53. The Balaban J connectivity index is 1.08. The van der Waals surface area contributed by atoms with Crippen LogP contribution in [0.2, 0.25) is 0 Å². The highest BCUT2D eigenvalue weighted by Crippen LogP contribution is 2.64. The second-order valence-corrected chi connectivity index (χ2v) is 19.1. The average Bonchev–Trinajstić information content (AvgIpc) is 3.94. The molecule has 1 spiro atoms. The lowest BCUT2D eigenvalue weighted by atomic mass is 9.67. The molecule has 0 amide bonds. The van der Waals surface area contributed by atoms with E-state index in [0.717, 1.165) is 17.1 Å². The summed E-state index contributed by atoms with van der Waals surface area (Å²) in [6, 6.07) is 85.3. The van der Waals surface area contributed by atoms with E-state index in [0.29, 0.717) is 0 Å². The Morgan fingerprint density at radius 1 is 0.254 bits per heavy atom. The summed E-state index contributed by atoms with van der Waals surface area (Å²) in [6.07, 6.45) is 0. The van der Waals surface area contributed by atoms with Crippen LogP contribution < -0.4 is 4.90 Å². The van der Waals surface area contributed by atoms with E-state index in [1.807, 2.05) is 0 Å². The molecule has 0 fully saturated rings. The van der Waals surface area contributed by atoms with E-state index < -0.39 is 10.8 Å². The Morgan fingerprint density at radius 2 is 0.612 bits per heavy atom. The Bertz CT molecular complexity index is 3500. The quantitative estimate of drug-likeness (QED) is 0.161. The molecule has 318 valence electrons. The molecule has 13 rings (SSSR count). The summed E-state index contributed by atoms with van der Waals surface area (Å²) < 4.78 is 0. The zero-order valence-corrected chi connectivity index (χ0v) is 38.3. The molecule has 0 heterocycles. The van der Waals surface area contributed by atoms with Gasteiger partial charge in [0.15, 0.2) is 0 Å². The summed E-state index contributed by atoms with van der Waals surface area (Å²) >= 11 is 0. The lowest BCUT2D eigenvalue weighted by Crippen LogP contribution is -2.29. The van der Waals surface area contributed by atoms with Crippen molar-refractivity contribution >= 4 is 17.1 Å². The van der Waals surface area contributed by atoms with Gasteiger partial charge in [-0.05, 0) is 153 Å². The molecule has 1 nitrogen and oxygen atoms in total. The van der Waals surface area contributed by atoms with Crippen LogP contribution in [-0.4, -0.2) is 0 Å². The maximum Gasteiger partial charge on any atom is 0.0726 e. The first-order chi connectivity index (χ1) is 32.8. The van der Waals surface area contributed by atoms with E-state index >= 15 is 0 Å². The minimum atomic E-state index is -0.539. The van der Waals surface area contributed by atoms with Crippen molar-refractivity contribution in [2.24, 2.45) is 0 Å². The van der Waals surface area contributed by atoms with Crippen LogP contribution in [0.1, 0.15) is 66.8 Å². The van der Waals surface area contributed by atoms with Crippen molar-refractivity contribution in [3.63, 3.8) is 0 Å². The summed E-state index contributed by atoms with van der Waals surface area (Å²) in [5.41, 5.74) is 28.2. The van der Waals surface area contributed by atoms with Gasteiger partial charge in [0, 0.05) is 17.1 Å². The summed E-state index contributed by atoms with van der Waals surface area (Å²) in [7, 11) is 0. The highest BCUT2D eigenvalue weighted by atomic mass is 15.1. The summed E-state index contributed by atoms with van der Waals surface area (Å²) in [5, 5.41) is 0. The first kappa shape index (κ1) is 39.4. The van der Waals surface area contributed by atoms with Crippen LogP contribution in [0.3, 0.4) is 0 Å². The number of nitrogens with zero attached hydrogens (tertiary/aromatic N) is 1. The van der Waals surface area contributed by atoms with Gasteiger partial charge in [-0.15, -0.1) is 0 Å². The SMILES string of the molecule is Cc1ccc(C2(c3ccc(C)cc3)c3ccccc3-c3ccc(N(c4ccc(-c5ccccc5)cc4)c4ccc5c(c4)C4(c6ccccc6-5)c5cc(C)ccc5-c5ccc(C)cc54)cc32)cc1. The molecular weight excluding hydrogens is 807 g/mol. The zero-order valence-electron chi connectivity index (χ0n) is 38.3. The Labute approximate surface area is 394 Å². The molecule has 0 saturated carbocycles. The highest BCUT2D eigenvalue weighted by molar-refractivity contribution is 5.97. The molecule has 10 aromatic carbocycles. The Kier molecular flexibility index (Phi) is 8.67. The van der Waals surface area contributed by atoms with E-state index in [9.17, 15) is 0 Å². The van der Waals surface area contributed by atoms with Crippen molar-refractivity contribution in [3.05, 3.63) is 291 Å². The van der Waals surface area contributed by atoms with Gasteiger partial charge in [-0.1, -0.05) is 210 Å². The lowest BCUT2D eigenvalue weighted by Gasteiger charge is -2.35. The van der Waals surface area contributed by atoms with Crippen LogP contribution in [0, 0.1) is 27.7 Å². The molecule has 3 aliphatic carbocycles.